The number of nitrogens with zero attached hydrogens (tertiary/aromatic N) is 1. The quantitative estimate of drug-likeness (QED) is 0.0260. The third-order valence-electron chi connectivity index (χ3n) is 11.0. The van der Waals surface area contributed by atoms with Gasteiger partial charge in [-0.3, -0.25) is 9.59 Å². The molecule has 0 radical (unpaired) electrons. The van der Waals surface area contributed by atoms with Crippen LogP contribution in [0.1, 0.15) is 200 Å². The molecule has 0 saturated carbocycles. The van der Waals surface area contributed by atoms with Crippen LogP contribution in [0.25, 0.3) is 0 Å². The molecule has 0 aromatic carbocycles. The number of rotatable bonds is 44. The second-order valence-electron chi connectivity index (χ2n) is 17.8. The number of unbranched alkanes of at least 4 members (excludes halogenated alkanes) is 23. The van der Waals surface area contributed by atoms with Gasteiger partial charge < -0.3 is 28.6 Å². The molecular formula is C54H93NO7. The van der Waals surface area contributed by atoms with Crippen molar-refractivity contribution in [3.05, 3.63) is 72.9 Å². The van der Waals surface area contributed by atoms with Crippen molar-refractivity contribution in [2.24, 2.45) is 0 Å². The van der Waals surface area contributed by atoms with Crippen LogP contribution in [0.4, 0.5) is 0 Å². The van der Waals surface area contributed by atoms with Crippen molar-refractivity contribution >= 4 is 17.9 Å². The van der Waals surface area contributed by atoms with Crippen LogP contribution < -0.4 is 5.11 Å². The normalized spacial score (nSPS) is 13.5. The number of quaternary nitrogens is 1. The summed E-state index contributed by atoms with van der Waals surface area (Å²) in [4.78, 5) is 37.0. The summed E-state index contributed by atoms with van der Waals surface area (Å²) >= 11 is 0. The highest BCUT2D eigenvalue weighted by atomic mass is 16.6. The number of esters is 2. The molecule has 2 unspecified atom stereocenters. The Kier molecular flexibility index (Phi) is 42.1. The number of ether oxygens (including phenoxy) is 3. The van der Waals surface area contributed by atoms with E-state index in [1.165, 1.54) is 116 Å². The molecule has 8 nitrogen and oxygen atoms in total. The Labute approximate surface area is 381 Å². The Morgan fingerprint density at radius 2 is 0.903 bits per heavy atom. The average Bonchev–Trinajstić information content (AvgIpc) is 3.23. The second-order valence-corrected chi connectivity index (χ2v) is 17.8. The zero-order valence-corrected chi connectivity index (χ0v) is 40.5. The van der Waals surface area contributed by atoms with E-state index >= 15 is 0 Å². The van der Waals surface area contributed by atoms with Gasteiger partial charge in [0.2, 0.25) is 0 Å². The Bertz CT molecular complexity index is 1240. The van der Waals surface area contributed by atoms with Gasteiger partial charge in [0.15, 0.2) is 6.10 Å². The molecule has 0 aliphatic rings. The van der Waals surface area contributed by atoms with Crippen molar-refractivity contribution < 1.29 is 38.2 Å². The molecule has 356 valence electrons. The number of allylic oxidation sites excluding steroid dienone is 12. The zero-order valence-electron chi connectivity index (χ0n) is 40.5. The van der Waals surface area contributed by atoms with Crippen LogP contribution >= 0.6 is 0 Å². The Morgan fingerprint density at radius 3 is 1.34 bits per heavy atom. The predicted octanol–water partition coefficient (Wildman–Crippen LogP) is 13.0. The summed E-state index contributed by atoms with van der Waals surface area (Å²) in [7, 11) is 5.39. The third-order valence-corrected chi connectivity index (χ3v) is 11.0. The Morgan fingerprint density at radius 1 is 0.500 bits per heavy atom. The first-order valence-corrected chi connectivity index (χ1v) is 25.0. The summed E-state index contributed by atoms with van der Waals surface area (Å²) < 4.78 is 17.2. The number of aliphatic carboxylic acids is 1. The molecule has 0 aromatic rings. The molecule has 0 heterocycles. The van der Waals surface area contributed by atoms with E-state index in [1.54, 1.807) is 21.1 Å². The minimum Gasteiger partial charge on any atom is -0.544 e. The maximum absolute atomic E-state index is 12.7. The SMILES string of the molecule is CC/C=C/C=C/C=C/C=C/C=C/C=C/CCCCCC(=O)OC(COCCC(C(=O)[O-])[N+](C)(C)C)COC(=O)CCCCCCCCCCCCCCCCCCCCCCC. The van der Waals surface area contributed by atoms with Crippen molar-refractivity contribution in [3.63, 3.8) is 0 Å². The fourth-order valence-electron chi connectivity index (χ4n) is 7.16. The average molecular weight is 868 g/mol. The first-order chi connectivity index (χ1) is 30.1. The molecule has 0 bridgehead atoms. The number of likely N-dealkylation sites (N-methyl/N-ethyl adjacent to an activating group) is 1. The van der Waals surface area contributed by atoms with E-state index in [-0.39, 0.29) is 49.1 Å². The van der Waals surface area contributed by atoms with Crippen molar-refractivity contribution in [1.82, 2.24) is 0 Å². The molecule has 2 atom stereocenters. The summed E-state index contributed by atoms with van der Waals surface area (Å²) in [6.07, 6.45) is 56.5. The lowest BCUT2D eigenvalue weighted by Crippen LogP contribution is -2.55. The zero-order chi connectivity index (χ0) is 45.6. The van der Waals surface area contributed by atoms with Crippen LogP contribution in [0.2, 0.25) is 0 Å². The molecule has 0 N–H and O–H groups in total. The summed E-state index contributed by atoms with van der Waals surface area (Å²) in [6, 6.07) is -0.737. The number of carbonyl (C=O) groups excluding carboxylic acids is 3. The lowest BCUT2D eigenvalue weighted by atomic mass is 10.0. The first-order valence-electron chi connectivity index (χ1n) is 25.0. The number of carboxylic acids is 1. The highest BCUT2D eigenvalue weighted by Crippen LogP contribution is 2.16. The second kappa shape index (κ2) is 44.4. The van der Waals surface area contributed by atoms with E-state index in [1.807, 2.05) is 60.8 Å². The van der Waals surface area contributed by atoms with Gasteiger partial charge in [-0.2, -0.15) is 0 Å². The lowest BCUT2D eigenvalue weighted by Gasteiger charge is -2.34. The van der Waals surface area contributed by atoms with Crippen molar-refractivity contribution in [2.75, 3.05) is 41.0 Å². The van der Waals surface area contributed by atoms with Crippen LogP contribution in [0.3, 0.4) is 0 Å². The van der Waals surface area contributed by atoms with Gasteiger partial charge in [0.1, 0.15) is 12.6 Å². The van der Waals surface area contributed by atoms with Gasteiger partial charge in [0.05, 0.1) is 40.3 Å². The largest absolute Gasteiger partial charge is 0.544 e. The minimum absolute atomic E-state index is 0.0206. The monoisotopic (exact) mass is 868 g/mol. The molecule has 0 aliphatic carbocycles. The predicted molar refractivity (Wildman–Crippen MR) is 259 cm³/mol. The van der Waals surface area contributed by atoms with Crippen LogP contribution in [-0.4, -0.2) is 75.5 Å². The number of hydrogen-bond donors (Lipinski definition) is 0. The van der Waals surface area contributed by atoms with E-state index in [9.17, 15) is 19.5 Å². The van der Waals surface area contributed by atoms with E-state index in [0.717, 1.165) is 44.9 Å². The Balaban J connectivity index is 4.31. The van der Waals surface area contributed by atoms with Gasteiger partial charge in [-0.25, -0.2) is 0 Å². The summed E-state index contributed by atoms with van der Waals surface area (Å²) in [5, 5.41) is 11.7. The van der Waals surface area contributed by atoms with Gasteiger partial charge in [0, 0.05) is 19.3 Å². The highest BCUT2D eigenvalue weighted by molar-refractivity contribution is 5.70. The van der Waals surface area contributed by atoms with E-state index < -0.39 is 18.1 Å². The van der Waals surface area contributed by atoms with Gasteiger partial charge in [0.25, 0.3) is 0 Å². The van der Waals surface area contributed by atoms with E-state index in [4.69, 9.17) is 14.2 Å². The molecule has 62 heavy (non-hydrogen) atoms. The van der Waals surface area contributed by atoms with Crippen molar-refractivity contribution in [1.29, 1.82) is 0 Å². The molecule has 0 fully saturated rings. The fraction of sp³-hybridized carbons (Fsp3) is 0.722. The topological polar surface area (TPSA) is 102 Å². The van der Waals surface area contributed by atoms with E-state index in [2.05, 4.69) is 26.0 Å². The smallest absolute Gasteiger partial charge is 0.306 e. The van der Waals surface area contributed by atoms with Crippen molar-refractivity contribution in [2.45, 2.75) is 212 Å². The summed E-state index contributed by atoms with van der Waals surface area (Å²) in [6.45, 7) is 4.48. The number of hydrogen-bond acceptors (Lipinski definition) is 7. The number of carboxylic acid groups (broad SMARTS) is 1. The van der Waals surface area contributed by atoms with Crippen LogP contribution in [0.15, 0.2) is 72.9 Å². The molecule has 0 spiro atoms. The van der Waals surface area contributed by atoms with Gasteiger partial charge in [-0.1, -0.05) is 222 Å². The molecule has 0 rings (SSSR count). The number of carbonyl (C=O) groups is 3. The lowest BCUT2D eigenvalue weighted by molar-refractivity contribution is -0.889. The van der Waals surface area contributed by atoms with Crippen molar-refractivity contribution in [3.8, 4) is 0 Å². The first kappa shape index (κ1) is 58.8. The summed E-state index contributed by atoms with van der Waals surface area (Å²) in [5.41, 5.74) is 0. The van der Waals surface area contributed by atoms with Crippen LogP contribution in [0.5, 0.6) is 0 Å². The highest BCUT2D eigenvalue weighted by Gasteiger charge is 2.25. The van der Waals surface area contributed by atoms with Crippen LogP contribution in [-0.2, 0) is 28.6 Å². The van der Waals surface area contributed by atoms with Crippen LogP contribution in [0, 0.1) is 0 Å². The standard InChI is InChI=1S/C54H93NO7/c1-6-8-10-12-14-16-18-20-22-24-25-26-27-29-30-32-34-36-38-40-42-44-52(56)61-49-50(48-60-47-46-51(54(58)59)55(3,4)5)62-53(57)45-43-41-39-37-35-33-31-28-23-21-19-17-15-13-11-9-7-2/h9,11,13,15,17,19,21,23,28,31,33,35,50-51H,6-8,10,12,14,16,18,20,22,24-27,29-30,32,34,36-49H2,1-5H3/b11-9+,15-13+,19-17+,23-21+,31-28+,35-33+. The molecule has 0 saturated heterocycles. The maximum atomic E-state index is 12.7. The Hall–Kier alpha value is -3.23. The third kappa shape index (κ3) is 42.1. The van der Waals surface area contributed by atoms with E-state index in [0.29, 0.717) is 12.8 Å². The summed E-state index contributed by atoms with van der Waals surface area (Å²) in [5.74, 6) is -1.79. The van der Waals surface area contributed by atoms with Gasteiger partial charge in [-0.15, -0.1) is 0 Å². The van der Waals surface area contributed by atoms with Gasteiger partial charge >= 0.3 is 11.9 Å². The molecule has 0 amide bonds. The molecular weight excluding hydrogens is 775 g/mol. The maximum Gasteiger partial charge on any atom is 0.306 e. The minimum atomic E-state index is -1.13. The molecule has 0 aliphatic heterocycles. The molecule has 0 aromatic heterocycles. The van der Waals surface area contributed by atoms with Gasteiger partial charge in [-0.05, 0) is 32.1 Å². The fourth-order valence-corrected chi connectivity index (χ4v) is 7.16. The molecule has 8 heteroatoms.